The molecule has 6 unspecified atom stereocenters. The van der Waals surface area contributed by atoms with Gasteiger partial charge in [-0.1, -0.05) is 0 Å². The highest BCUT2D eigenvalue weighted by molar-refractivity contribution is 6.04. The Hall–Kier alpha value is -3.10. The first kappa shape index (κ1) is 28.0. The molecular weight excluding hydrogens is 570 g/mol. The number of fused-ring (bicyclic) bond motifs is 16. The molecule has 15 heteroatoms. The molecular formula is C26H24F6O9. The maximum absolute atomic E-state index is 15.5. The van der Waals surface area contributed by atoms with E-state index in [1.807, 2.05) is 0 Å². The van der Waals surface area contributed by atoms with E-state index in [1.165, 1.54) is 0 Å². The summed E-state index contributed by atoms with van der Waals surface area (Å²) < 4.78 is 117. The standard InChI is InChI=1S/C26H24F6O9/c1-37-19(33)11-7-5-8(12(11)20(34)38-2)16-15(7)23(25(27,28)29)17-9-6-10(18(17)24(16,41-23)26(30,31)32)14(22(36)40-4)13(9)21(35)39-3/h7-10,15-18H,5-6H2,1-4H3/t7-,8-,9+,10+,15?,16?,17?,18?,23?,24?. The van der Waals surface area contributed by atoms with Gasteiger partial charge in [0.15, 0.2) is 11.2 Å². The summed E-state index contributed by atoms with van der Waals surface area (Å²) in [6.07, 6.45) is -11.5. The second-order valence-electron chi connectivity index (χ2n) is 11.3. The van der Waals surface area contributed by atoms with Gasteiger partial charge in [0, 0.05) is 23.7 Å². The molecule has 2 saturated carbocycles. The molecule has 41 heavy (non-hydrogen) atoms. The van der Waals surface area contributed by atoms with Crippen molar-refractivity contribution < 1.29 is 69.2 Å². The first-order chi connectivity index (χ1) is 19.1. The molecule has 4 aliphatic carbocycles. The van der Waals surface area contributed by atoms with E-state index in [9.17, 15) is 19.2 Å². The summed E-state index contributed by atoms with van der Waals surface area (Å²) >= 11 is 0. The molecule has 0 spiro atoms. The monoisotopic (exact) mass is 594 g/mol. The van der Waals surface area contributed by atoms with E-state index in [-0.39, 0.29) is 12.8 Å². The zero-order chi connectivity index (χ0) is 30.2. The number of esters is 4. The lowest BCUT2D eigenvalue weighted by molar-refractivity contribution is -0.329. The molecule has 2 heterocycles. The number of rotatable bonds is 4. The van der Waals surface area contributed by atoms with Crippen molar-refractivity contribution in [1.82, 2.24) is 0 Å². The fraction of sp³-hybridized carbons (Fsp3) is 0.692. The van der Waals surface area contributed by atoms with Crippen LogP contribution in [0.1, 0.15) is 12.8 Å². The van der Waals surface area contributed by atoms with Crippen molar-refractivity contribution in [3.8, 4) is 0 Å². The third kappa shape index (κ3) is 2.88. The minimum absolute atomic E-state index is 0.362. The zero-order valence-corrected chi connectivity index (χ0v) is 22.0. The third-order valence-corrected chi connectivity index (χ3v) is 10.4. The Morgan fingerprint density at radius 3 is 0.951 bits per heavy atom. The van der Waals surface area contributed by atoms with Gasteiger partial charge in [0.25, 0.3) is 0 Å². The van der Waals surface area contributed by atoms with Gasteiger partial charge in [0.2, 0.25) is 0 Å². The van der Waals surface area contributed by atoms with Gasteiger partial charge in [-0.3, -0.25) is 0 Å². The Morgan fingerprint density at radius 1 is 0.561 bits per heavy atom. The Bertz CT molecular complexity index is 1170. The predicted molar refractivity (Wildman–Crippen MR) is 118 cm³/mol. The van der Waals surface area contributed by atoms with Crippen LogP contribution < -0.4 is 0 Å². The van der Waals surface area contributed by atoms with E-state index in [1.54, 1.807) is 0 Å². The molecule has 6 bridgehead atoms. The molecule has 0 amide bonds. The van der Waals surface area contributed by atoms with Crippen LogP contribution in [0.15, 0.2) is 22.3 Å². The summed E-state index contributed by atoms with van der Waals surface area (Å²) in [6.45, 7) is 0. The van der Waals surface area contributed by atoms with Crippen molar-refractivity contribution >= 4 is 23.9 Å². The van der Waals surface area contributed by atoms with Crippen LogP contribution in [0, 0.1) is 47.3 Å². The SMILES string of the molecule is COC(=O)C1=C(C(=O)OC)[C@H]2C[C@H]1C1C2C2(C(F)(F)F)OC1(C(F)(F)F)C1C2[C@H]2C[C@H]1C(C(=O)OC)=C2C(=O)OC. The number of methoxy groups -OCH3 is 4. The van der Waals surface area contributed by atoms with E-state index >= 15 is 26.3 Å². The number of carbonyl (C=O) groups excluding carboxylic acids is 4. The zero-order valence-electron chi connectivity index (χ0n) is 22.0. The molecule has 6 aliphatic rings. The van der Waals surface area contributed by atoms with E-state index in [2.05, 4.69) is 0 Å². The van der Waals surface area contributed by atoms with E-state index in [0.717, 1.165) is 28.4 Å². The van der Waals surface area contributed by atoms with Crippen LogP contribution in [0.2, 0.25) is 0 Å². The third-order valence-electron chi connectivity index (χ3n) is 10.4. The van der Waals surface area contributed by atoms with Crippen LogP contribution in [0.5, 0.6) is 0 Å². The molecule has 0 aromatic rings. The van der Waals surface area contributed by atoms with Crippen molar-refractivity contribution in [1.29, 1.82) is 0 Å². The van der Waals surface area contributed by atoms with Gasteiger partial charge in [0.1, 0.15) is 0 Å². The maximum Gasteiger partial charge on any atom is 0.418 e. The summed E-state index contributed by atoms with van der Waals surface area (Å²) in [5.41, 5.74) is -8.75. The van der Waals surface area contributed by atoms with Crippen LogP contribution in [-0.4, -0.2) is 75.9 Å². The molecule has 2 saturated heterocycles. The first-order valence-corrected chi connectivity index (χ1v) is 12.8. The summed E-state index contributed by atoms with van der Waals surface area (Å²) in [5, 5.41) is 0. The van der Waals surface area contributed by atoms with Crippen LogP contribution in [0.3, 0.4) is 0 Å². The summed E-state index contributed by atoms with van der Waals surface area (Å²) in [4.78, 5) is 51.2. The van der Waals surface area contributed by atoms with Crippen LogP contribution >= 0.6 is 0 Å². The van der Waals surface area contributed by atoms with Gasteiger partial charge >= 0.3 is 36.2 Å². The number of hydrogen-bond donors (Lipinski definition) is 0. The minimum Gasteiger partial charge on any atom is -0.466 e. The van der Waals surface area contributed by atoms with Gasteiger partial charge in [-0.25, -0.2) is 19.2 Å². The Balaban J connectivity index is 1.65. The minimum atomic E-state index is -5.41. The summed E-state index contributed by atoms with van der Waals surface area (Å²) in [7, 11) is 3.76. The molecule has 0 N–H and O–H groups in total. The van der Waals surface area contributed by atoms with Crippen LogP contribution in [-0.2, 0) is 42.9 Å². The van der Waals surface area contributed by atoms with Crippen LogP contribution in [0.25, 0.3) is 0 Å². The van der Waals surface area contributed by atoms with E-state index in [0.29, 0.717) is 0 Å². The van der Waals surface area contributed by atoms with Gasteiger partial charge in [0.05, 0.1) is 50.7 Å². The summed E-state index contributed by atoms with van der Waals surface area (Å²) in [6, 6.07) is 0. The van der Waals surface area contributed by atoms with Gasteiger partial charge in [-0.15, -0.1) is 0 Å². The molecule has 2 aliphatic heterocycles. The number of ether oxygens (including phenoxy) is 5. The van der Waals surface area contributed by atoms with Gasteiger partial charge < -0.3 is 23.7 Å². The quantitative estimate of drug-likeness (QED) is 0.275. The molecule has 6 rings (SSSR count). The lowest BCUT2D eigenvalue weighted by Gasteiger charge is -2.51. The highest BCUT2D eigenvalue weighted by Crippen LogP contribution is 2.84. The molecule has 0 aromatic carbocycles. The Morgan fingerprint density at radius 2 is 0.780 bits per heavy atom. The number of hydrogen-bond acceptors (Lipinski definition) is 9. The Labute approximate surface area is 228 Å². The van der Waals surface area contributed by atoms with Gasteiger partial charge in [-0.05, 0) is 36.5 Å². The molecule has 0 aromatic heterocycles. The molecule has 9 nitrogen and oxygen atoms in total. The van der Waals surface area contributed by atoms with Crippen molar-refractivity contribution in [2.45, 2.75) is 36.4 Å². The molecule has 10 atom stereocenters. The smallest absolute Gasteiger partial charge is 0.418 e. The molecule has 4 fully saturated rings. The maximum atomic E-state index is 15.5. The second kappa shape index (κ2) is 8.26. The van der Waals surface area contributed by atoms with E-state index in [4.69, 9.17) is 23.7 Å². The lowest BCUT2D eigenvalue weighted by atomic mass is 9.49. The number of alkyl halides is 6. The largest absolute Gasteiger partial charge is 0.466 e. The average molecular weight is 594 g/mol. The highest BCUT2D eigenvalue weighted by atomic mass is 19.4. The van der Waals surface area contributed by atoms with E-state index < -0.39 is 117 Å². The fourth-order valence-corrected chi connectivity index (χ4v) is 9.74. The fourth-order valence-electron chi connectivity index (χ4n) is 9.74. The van der Waals surface area contributed by atoms with Crippen LogP contribution in [0.4, 0.5) is 26.3 Å². The predicted octanol–water partition coefficient (Wildman–Crippen LogP) is 2.68. The normalized spacial score (nSPS) is 41.5. The topological polar surface area (TPSA) is 114 Å². The molecule has 0 radical (unpaired) electrons. The average Bonchev–Trinajstić information content (AvgIpc) is 3.73. The Kier molecular flexibility index (Phi) is 5.65. The van der Waals surface area contributed by atoms with Crippen molar-refractivity contribution in [2.75, 3.05) is 28.4 Å². The summed E-state index contributed by atoms with van der Waals surface area (Å²) in [5.74, 6) is -18.2. The van der Waals surface area contributed by atoms with Crippen molar-refractivity contribution in [3.05, 3.63) is 22.3 Å². The van der Waals surface area contributed by atoms with Gasteiger partial charge in [-0.2, -0.15) is 26.3 Å². The lowest BCUT2D eigenvalue weighted by Crippen LogP contribution is -2.64. The first-order valence-electron chi connectivity index (χ1n) is 12.8. The highest BCUT2D eigenvalue weighted by Gasteiger charge is 2.95. The number of carbonyl (C=O) groups is 4. The second-order valence-corrected chi connectivity index (χ2v) is 11.3. The number of halogens is 6. The van der Waals surface area contributed by atoms with Crippen molar-refractivity contribution in [2.24, 2.45) is 47.3 Å². The van der Waals surface area contributed by atoms with Crippen molar-refractivity contribution in [3.63, 3.8) is 0 Å². The molecule has 224 valence electrons.